The van der Waals surface area contributed by atoms with E-state index in [9.17, 15) is 10.1 Å². The number of aliphatic imine (C=N–C) groups is 1. The van der Waals surface area contributed by atoms with E-state index in [1.54, 1.807) is 12.1 Å². The second kappa shape index (κ2) is 9.87. The quantitative estimate of drug-likeness (QED) is 0.247. The highest BCUT2D eigenvalue weighted by atomic mass is 16.6. The lowest BCUT2D eigenvalue weighted by molar-refractivity contribution is -0.384. The molecule has 2 heterocycles. The fourth-order valence-corrected chi connectivity index (χ4v) is 4.57. The van der Waals surface area contributed by atoms with Crippen LogP contribution in [0, 0.1) is 10.1 Å². The number of nitrogens with zero attached hydrogens (tertiary/aromatic N) is 3. The smallest absolute Gasteiger partial charge is 0.269 e. The number of hydrogen-bond acceptors (Lipinski definition) is 4. The Morgan fingerprint density at radius 1 is 1.21 bits per heavy atom. The number of nitro benzene ring substituents is 1. The molecule has 0 spiro atoms. The van der Waals surface area contributed by atoms with E-state index in [-0.39, 0.29) is 10.6 Å². The number of guanidine groups is 1. The number of fused-ring (bicyclic) bond motifs is 2. The minimum Gasteiger partial charge on any atom is -0.356 e. The summed E-state index contributed by atoms with van der Waals surface area (Å²) >= 11 is 0. The Kier molecular flexibility index (Phi) is 7.25. The highest BCUT2D eigenvalue weighted by Crippen LogP contribution is 2.32. The number of piperidine rings is 2. The molecule has 1 aromatic rings. The van der Waals surface area contributed by atoms with Gasteiger partial charge in [-0.3, -0.25) is 15.1 Å². The number of nitrogens with one attached hydrogen (secondary N) is 2. The Morgan fingerprint density at radius 3 is 2.50 bits per heavy atom. The topological polar surface area (TPSA) is 82.8 Å². The maximum absolute atomic E-state index is 10.7. The van der Waals surface area contributed by atoms with Crippen LogP contribution in [0.3, 0.4) is 0 Å². The molecule has 28 heavy (non-hydrogen) atoms. The molecule has 3 rings (SSSR count). The van der Waals surface area contributed by atoms with Gasteiger partial charge in [0.15, 0.2) is 5.96 Å². The van der Waals surface area contributed by atoms with Crippen LogP contribution in [0.2, 0.25) is 0 Å². The number of non-ortho nitro benzene ring substituents is 1. The Morgan fingerprint density at radius 2 is 1.89 bits per heavy atom. The van der Waals surface area contributed by atoms with Gasteiger partial charge in [-0.15, -0.1) is 0 Å². The van der Waals surface area contributed by atoms with Crippen LogP contribution in [0.25, 0.3) is 0 Å². The molecule has 7 heteroatoms. The molecule has 154 valence electrons. The first-order valence-electron chi connectivity index (χ1n) is 10.5. The third-order valence-electron chi connectivity index (χ3n) is 6.24. The van der Waals surface area contributed by atoms with Crippen molar-refractivity contribution >= 4 is 11.6 Å². The van der Waals surface area contributed by atoms with Gasteiger partial charge >= 0.3 is 0 Å². The molecule has 2 bridgehead atoms. The summed E-state index contributed by atoms with van der Waals surface area (Å²) in [5.74, 6) is 0.906. The van der Waals surface area contributed by atoms with E-state index in [1.165, 1.54) is 32.1 Å². The van der Waals surface area contributed by atoms with E-state index in [1.807, 2.05) is 19.2 Å². The summed E-state index contributed by atoms with van der Waals surface area (Å²) in [6.07, 6.45) is 9.43. The highest BCUT2D eigenvalue weighted by Gasteiger charge is 2.36. The third-order valence-corrected chi connectivity index (χ3v) is 6.24. The average molecular weight is 388 g/mol. The van der Waals surface area contributed by atoms with E-state index in [2.05, 4.69) is 27.6 Å². The summed E-state index contributed by atoms with van der Waals surface area (Å²) in [5, 5.41) is 17.8. The second-order valence-corrected chi connectivity index (χ2v) is 8.10. The number of benzene rings is 1. The fourth-order valence-electron chi connectivity index (χ4n) is 4.57. The molecular weight excluding hydrogens is 354 g/mol. The van der Waals surface area contributed by atoms with E-state index < -0.39 is 0 Å². The molecule has 0 amide bonds. The van der Waals surface area contributed by atoms with Crippen LogP contribution in [-0.2, 0) is 6.42 Å². The van der Waals surface area contributed by atoms with Crippen LogP contribution in [0.15, 0.2) is 29.3 Å². The third kappa shape index (κ3) is 5.44. The Labute approximate surface area is 167 Å². The average Bonchev–Trinajstić information content (AvgIpc) is 2.67. The summed E-state index contributed by atoms with van der Waals surface area (Å²) in [6.45, 7) is 0.881. The van der Waals surface area contributed by atoms with Crippen molar-refractivity contribution in [3.63, 3.8) is 0 Å². The van der Waals surface area contributed by atoms with Gasteiger partial charge in [-0.1, -0.05) is 18.6 Å². The highest BCUT2D eigenvalue weighted by molar-refractivity contribution is 5.79. The molecule has 2 fully saturated rings. The molecule has 2 aliphatic rings. The SMILES string of the molecule is CN=C(NCCCCc1ccc([N+](=O)[O-])cc1)NC1CC2CCCC(C1)N2C. The molecule has 2 N–H and O–H groups in total. The van der Waals surface area contributed by atoms with Crippen molar-refractivity contribution in [1.82, 2.24) is 15.5 Å². The van der Waals surface area contributed by atoms with Crippen molar-refractivity contribution in [1.29, 1.82) is 0 Å². The van der Waals surface area contributed by atoms with Crippen molar-refractivity contribution in [2.45, 2.75) is 69.5 Å². The summed E-state index contributed by atoms with van der Waals surface area (Å²) in [7, 11) is 4.12. The van der Waals surface area contributed by atoms with Gasteiger partial charge in [0, 0.05) is 43.9 Å². The molecule has 7 nitrogen and oxygen atoms in total. The van der Waals surface area contributed by atoms with Crippen LogP contribution in [-0.4, -0.2) is 54.5 Å². The first-order chi connectivity index (χ1) is 13.6. The monoisotopic (exact) mass is 387 g/mol. The number of hydrogen-bond donors (Lipinski definition) is 2. The summed E-state index contributed by atoms with van der Waals surface area (Å²) in [5.41, 5.74) is 1.30. The van der Waals surface area contributed by atoms with Crippen molar-refractivity contribution in [3.8, 4) is 0 Å². The summed E-state index contributed by atoms with van der Waals surface area (Å²) in [4.78, 5) is 17.3. The number of unbranched alkanes of at least 4 members (excludes halogenated alkanes) is 1. The molecule has 2 aliphatic heterocycles. The van der Waals surface area contributed by atoms with E-state index in [0.29, 0.717) is 18.1 Å². The minimum atomic E-state index is -0.357. The minimum absolute atomic E-state index is 0.151. The number of rotatable bonds is 7. The van der Waals surface area contributed by atoms with Gasteiger partial charge in [0.1, 0.15) is 0 Å². The fraction of sp³-hybridized carbons (Fsp3) is 0.667. The van der Waals surface area contributed by atoms with Crippen molar-refractivity contribution in [2.24, 2.45) is 4.99 Å². The molecule has 2 atom stereocenters. The van der Waals surface area contributed by atoms with Crippen LogP contribution in [0.4, 0.5) is 5.69 Å². The van der Waals surface area contributed by atoms with Crippen LogP contribution in [0.1, 0.15) is 50.5 Å². The summed E-state index contributed by atoms with van der Waals surface area (Å²) < 4.78 is 0. The number of aryl methyl sites for hydroxylation is 1. The van der Waals surface area contributed by atoms with Gasteiger partial charge in [0.25, 0.3) is 5.69 Å². The molecular formula is C21H33N5O2. The van der Waals surface area contributed by atoms with Gasteiger partial charge in [0.05, 0.1) is 4.92 Å². The first kappa shape index (κ1) is 20.6. The molecule has 0 radical (unpaired) electrons. The Balaban J connectivity index is 1.35. The zero-order valence-corrected chi connectivity index (χ0v) is 17.1. The van der Waals surface area contributed by atoms with Crippen LogP contribution < -0.4 is 10.6 Å². The van der Waals surface area contributed by atoms with Gasteiger partial charge in [-0.2, -0.15) is 0 Å². The lowest BCUT2D eigenvalue weighted by atomic mass is 9.82. The second-order valence-electron chi connectivity index (χ2n) is 8.10. The predicted octanol–water partition coefficient (Wildman–Crippen LogP) is 3.10. The normalized spacial score (nSPS) is 25.4. The van der Waals surface area contributed by atoms with Crippen LogP contribution >= 0.6 is 0 Å². The van der Waals surface area contributed by atoms with Gasteiger partial charge in [0.2, 0.25) is 0 Å². The first-order valence-corrected chi connectivity index (χ1v) is 10.5. The van der Waals surface area contributed by atoms with Crippen molar-refractivity contribution < 1.29 is 4.92 Å². The van der Waals surface area contributed by atoms with E-state index >= 15 is 0 Å². The van der Waals surface area contributed by atoms with Gasteiger partial charge in [-0.05, 0) is 57.6 Å². The largest absolute Gasteiger partial charge is 0.356 e. The van der Waals surface area contributed by atoms with Crippen molar-refractivity contribution in [3.05, 3.63) is 39.9 Å². The van der Waals surface area contributed by atoms with Crippen molar-refractivity contribution in [2.75, 3.05) is 20.6 Å². The predicted molar refractivity (Wildman–Crippen MR) is 113 cm³/mol. The maximum Gasteiger partial charge on any atom is 0.269 e. The molecule has 2 saturated heterocycles. The van der Waals surface area contributed by atoms with Gasteiger partial charge in [-0.25, -0.2) is 0 Å². The summed E-state index contributed by atoms with van der Waals surface area (Å²) in [6, 6.07) is 8.80. The Hall–Kier alpha value is -2.15. The molecule has 1 aromatic carbocycles. The lowest BCUT2D eigenvalue weighted by Crippen LogP contribution is -2.56. The lowest BCUT2D eigenvalue weighted by Gasteiger charge is -2.47. The maximum atomic E-state index is 10.7. The molecule has 0 aromatic heterocycles. The standard InChI is InChI=1S/C21H33N5O2/c1-22-21(24-17-14-19-7-5-8-20(15-17)25(19)2)23-13-4-3-6-16-9-11-18(12-10-16)26(27)28/h9-12,17,19-20H,3-8,13-15H2,1-2H3,(H2,22,23,24). The van der Waals surface area contributed by atoms with Gasteiger partial charge < -0.3 is 15.5 Å². The Bertz CT molecular complexity index is 662. The molecule has 0 saturated carbocycles. The van der Waals surface area contributed by atoms with E-state index in [4.69, 9.17) is 0 Å². The number of nitro groups is 1. The zero-order valence-electron chi connectivity index (χ0n) is 17.1. The zero-order chi connectivity index (χ0) is 19.9. The molecule has 0 aliphatic carbocycles. The molecule has 2 unspecified atom stereocenters. The van der Waals surface area contributed by atoms with E-state index in [0.717, 1.165) is 37.3 Å². The van der Waals surface area contributed by atoms with Crippen LogP contribution in [0.5, 0.6) is 0 Å².